The molecule has 55 heavy (non-hydrogen) atoms. The highest BCUT2D eigenvalue weighted by Gasteiger charge is 2.11. The van der Waals surface area contributed by atoms with E-state index >= 15 is 0 Å². The van der Waals surface area contributed by atoms with Gasteiger partial charge in [0.1, 0.15) is 0 Å². The van der Waals surface area contributed by atoms with Gasteiger partial charge in [0.15, 0.2) is 25.2 Å². The summed E-state index contributed by atoms with van der Waals surface area (Å²) in [6, 6.07) is 0. The van der Waals surface area contributed by atoms with Gasteiger partial charge in [-0.25, -0.2) is 0 Å². The Morgan fingerprint density at radius 3 is 0.800 bits per heavy atom. The van der Waals surface area contributed by atoms with Gasteiger partial charge in [0.25, 0.3) is 0 Å². The SMILES string of the molecule is CCOC(CCCCCCCCCCCCCCCC=CC(OC)OC(C=CCCCCCCCCCCCCCCCC(OCC)OCC)OC)OCC. The van der Waals surface area contributed by atoms with E-state index in [1.54, 1.807) is 14.2 Å². The van der Waals surface area contributed by atoms with Crippen LogP contribution in [0.5, 0.6) is 0 Å². The van der Waals surface area contributed by atoms with Crippen molar-refractivity contribution in [3.63, 3.8) is 0 Å². The number of allylic oxidation sites excluding steroid dienone is 2. The molecule has 0 spiro atoms. The molecule has 0 saturated carbocycles. The number of methoxy groups -OCH3 is 2. The first kappa shape index (κ1) is 54.2. The number of hydrogen-bond donors (Lipinski definition) is 0. The first-order valence-electron chi connectivity index (χ1n) is 23.7. The van der Waals surface area contributed by atoms with Crippen LogP contribution in [0.3, 0.4) is 0 Å². The van der Waals surface area contributed by atoms with Crippen LogP contribution in [-0.4, -0.2) is 65.8 Å². The monoisotopic (exact) mass is 783 g/mol. The Morgan fingerprint density at radius 1 is 0.327 bits per heavy atom. The van der Waals surface area contributed by atoms with Gasteiger partial charge in [-0.2, -0.15) is 0 Å². The summed E-state index contributed by atoms with van der Waals surface area (Å²) in [4.78, 5) is 0. The van der Waals surface area contributed by atoms with Gasteiger partial charge in [-0.05, 0) is 91.2 Å². The topological polar surface area (TPSA) is 64.6 Å². The third-order valence-corrected chi connectivity index (χ3v) is 10.4. The molecule has 0 fully saturated rings. The van der Waals surface area contributed by atoms with Crippen molar-refractivity contribution in [2.45, 2.75) is 245 Å². The predicted molar refractivity (Wildman–Crippen MR) is 234 cm³/mol. The molecule has 0 radical (unpaired) electrons. The fraction of sp³-hybridized carbons (Fsp3) is 0.917. The van der Waals surface area contributed by atoms with E-state index < -0.39 is 0 Å². The average molecular weight is 783 g/mol. The summed E-state index contributed by atoms with van der Waals surface area (Å²) in [5.41, 5.74) is 0. The lowest BCUT2D eigenvalue weighted by atomic mass is 10.0. The van der Waals surface area contributed by atoms with Crippen LogP contribution in [0.15, 0.2) is 24.3 Å². The minimum absolute atomic E-state index is 0.000730. The molecule has 7 nitrogen and oxygen atoms in total. The molecule has 0 aromatic carbocycles. The Labute approximate surface area is 342 Å². The Kier molecular flexibility index (Phi) is 45.2. The number of unbranched alkanes of at least 4 members (excludes halogenated alkanes) is 26. The third-order valence-electron chi connectivity index (χ3n) is 10.4. The van der Waals surface area contributed by atoms with Crippen molar-refractivity contribution >= 4 is 0 Å². The lowest BCUT2D eigenvalue weighted by Gasteiger charge is -2.18. The smallest absolute Gasteiger partial charge is 0.179 e. The molecule has 0 rings (SSSR count). The highest BCUT2D eigenvalue weighted by Crippen LogP contribution is 2.17. The van der Waals surface area contributed by atoms with E-state index in [0.29, 0.717) is 0 Å². The molecular weight excluding hydrogens is 689 g/mol. The predicted octanol–water partition coefficient (Wildman–Crippen LogP) is 14.6. The van der Waals surface area contributed by atoms with Crippen LogP contribution in [0, 0.1) is 0 Å². The molecule has 0 aliphatic heterocycles. The zero-order valence-corrected chi connectivity index (χ0v) is 37.5. The van der Waals surface area contributed by atoms with E-state index in [2.05, 4.69) is 12.2 Å². The van der Waals surface area contributed by atoms with Gasteiger partial charge in [0.05, 0.1) is 0 Å². The van der Waals surface area contributed by atoms with Crippen molar-refractivity contribution < 1.29 is 33.2 Å². The van der Waals surface area contributed by atoms with Crippen molar-refractivity contribution in [1.29, 1.82) is 0 Å². The van der Waals surface area contributed by atoms with Crippen molar-refractivity contribution in [3.8, 4) is 0 Å². The van der Waals surface area contributed by atoms with E-state index in [1.807, 2.05) is 39.8 Å². The summed E-state index contributed by atoms with van der Waals surface area (Å²) in [7, 11) is 3.39. The molecule has 0 aromatic rings. The normalized spacial score (nSPS) is 13.4. The largest absolute Gasteiger partial charge is 0.353 e. The highest BCUT2D eigenvalue weighted by molar-refractivity contribution is 4.89. The second-order valence-electron chi connectivity index (χ2n) is 15.2. The van der Waals surface area contributed by atoms with Gasteiger partial charge in [0, 0.05) is 40.6 Å². The molecule has 0 aliphatic carbocycles. The molecule has 2 atom stereocenters. The van der Waals surface area contributed by atoms with Crippen LogP contribution < -0.4 is 0 Å². The van der Waals surface area contributed by atoms with Gasteiger partial charge < -0.3 is 33.2 Å². The quantitative estimate of drug-likeness (QED) is 0.0346. The van der Waals surface area contributed by atoms with Crippen molar-refractivity contribution in [2.75, 3.05) is 40.6 Å². The second kappa shape index (κ2) is 45.9. The Balaban J connectivity index is 3.64. The van der Waals surface area contributed by atoms with Crippen LogP contribution >= 0.6 is 0 Å². The molecule has 7 heteroatoms. The number of hydrogen-bond acceptors (Lipinski definition) is 7. The van der Waals surface area contributed by atoms with Gasteiger partial charge in [-0.1, -0.05) is 153 Å². The van der Waals surface area contributed by atoms with E-state index in [1.165, 1.54) is 167 Å². The molecule has 0 heterocycles. The van der Waals surface area contributed by atoms with E-state index in [0.717, 1.165) is 52.1 Å². The summed E-state index contributed by atoms with van der Waals surface area (Å²) >= 11 is 0. The minimum atomic E-state index is -0.382. The summed E-state index contributed by atoms with van der Waals surface area (Å²) in [6.07, 6.45) is 46.7. The van der Waals surface area contributed by atoms with Crippen LogP contribution in [0.4, 0.5) is 0 Å². The summed E-state index contributed by atoms with van der Waals surface area (Å²) < 4.78 is 39.6. The van der Waals surface area contributed by atoms with Crippen LogP contribution in [0.25, 0.3) is 0 Å². The zero-order chi connectivity index (χ0) is 40.1. The van der Waals surface area contributed by atoms with E-state index in [-0.39, 0.29) is 25.2 Å². The van der Waals surface area contributed by atoms with Gasteiger partial charge in [-0.3, -0.25) is 0 Å². The Bertz CT molecular complexity index is 701. The fourth-order valence-corrected chi connectivity index (χ4v) is 7.11. The lowest BCUT2D eigenvalue weighted by molar-refractivity contribution is -0.188. The average Bonchev–Trinajstić information content (AvgIpc) is 3.19. The van der Waals surface area contributed by atoms with Crippen LogP contribution in [0.1, 0.15) is 220 Å². The first-order valence-corrected chi connectivity index (χ1v) is 23.7. The van der Waals surface area contributed by atoms with Crippen molar-refractivity contribution in [1.82, 2.24) is 0 Å². The lowest BCUT2D eigenvalue weighted by Crippen LogP contribution is -2.22. The molecule has 328 valence electrons. The van der Waals surface area contributed by atoms with Crippen LogP contribution in [-0.2, 0) is 33.2 Å². The van der Waals surface area contributed by atoms with Crippen molar-refractivity contribution in [2.24, 2.45) is 0 Å². The van der Waals surface area contributed by atoms with Gasteiger partial charge in [0.2, 0.25) is 0 Å². The molecule has 0 saturated heterocycles. The summed E-state index contributed by atoms with van der Waals surface area (Å²) in [6.45, 7) is 11.1. The maximum absolute atomic E-state index is 6.01. The molecule has 0 aromatic heterocycles. The Morgan fingerprint density at radius 2 is 0.564 bits per heavy atom. The first-order chi connectivity index (χ1) is 27.1. The zero-order valence-electron chi connectivity index (χ0n) is 37.5. The number of rotatable bonds is 46. The number of ether oxygens (including phenoxy) is 7. The minimum Gasteiger partial charge on any atom is -0.353 e. The molecule has 0 aliphatic rings. The standard InChI is InChI=1S/C48H94O7/c1-7-51-47(52-8-2)43-39-35-31-27-23-19-15-11-13-17-21-25-29-33-37-41-45(49-5)55-46(50-6)42-38-34-30-26-22-18-14-12-16-20-24-28-32-36-40-44-48(53-9-3)54-10-4/h37-38,41-42,45-48H,7-36,39-40,43-44H2,1-6H3. The molecule has 0 bridgehead atoms. The molecule has 0 N–H and O–H groups in total. The fourth-order valence-electron chi connectivity index (χ4n) is 7.11. The Hall–Kier alpha value is -0.800. The third kappa shape index (κ3) is 39.8. The maximum Gasteiger partial charge on any atom is 0.179 e. The molecular formula is C48H94O7. The van der Waals surface area contributed by atoms with E-state index in [9.17, 15) is 0 Å². The summed E-state index contributed by atoms with van der Waals surface area (Å²) in [5.74, 6) is 0. The summed E-state index contributed by atoms with van der Waals surface area (Å²) in [5, 5.41) is 0. The van der Waals surface area contributed by atoms with Crippen molar-refractivity contribution in [3.05, 3.63) is 24.3 Å². The second-order valence-corrected chi connectivity index (χ2v) is 15.2. The molecule has 2 unspecified atom stereocenters. The van der Waals surface area contributed by atoms with Gasteiger partial charge in [-0.15, -0.1) is 0 Å². The van der Waals surface area contributed by atoms with Gasteiger partial charge >= 0.3 is 0 Å². The van der Waals surface area contributed by atoms with E-state index in [4.69, 9.17) is 33.2 Å². The maximum atomic E-state index is 6.01. The molecule has 0 amide bonds. The van der Waals surface area contributed by atoms with Crippen LogP contribution in [0.2, 0.25) is 0 Å². The highest BCUT2D eigenvalue weighted by atomic mass is 16.8.